The van der Waals surface area contributed by atoms with Gasteiger partial charge in [-0.2, -0.15) is 0 Å². The summed E-state index contributed by atoms with van der Waals surface area (Å²) in [6.45, 7) is 2.61. The summed E-state index contributed by atoms with van der Waals surface area (Å²) in [5.41, 5.74) is 1.45. The average molecular weight is 310 g/mol. The van der Waals surface area contributed by atoms with Crippen LogP contribution < -0.4 is 5.14 Å². The summed E-state index contributed by atoms with van der Waals surface area (Å²) in [6.07, 6.45) is 2.69. The Morgan fingerprint density at radius 1 is 1.33 bits per heavy atom. The molecule has 0 amide bonds. The van der Waals surface area contributed by atoms with Gasteiger partial charge in [0.05, 0.1) is 23.7 Å². The van der Waals surface area contributed by atoms with Crippen LogP contribution in [0.15, 0.2) is 35.4 Å². The molecule has 1 unspecified atom stereocenters. The highest BCUT2D eigenvalue weighted by Crippen LogP contribution is 2.20. The minimum atomic E-state index is -3.68. The van der Waals surface area contributed by atoms with Crippen molar-refractivity contribution in [2.45, 2.75) is 24.3 Å². The number of methoxy groups -OCH3 is 1. The van der Waals surface area contributed by atoms with E-state index in [0.29, 0.717) is 12.3 Å². The third kappa shape index (κ3) is 3.66. The number of aromatic nitrogens is 3. The van der Waals surface area contributed by atoms with Crippen molar-refractivity contribution < 1.29 is 13.2 Å². The summed E-state index contributed by atoms with van der Waals surface area (Å²) in [6, 6.07) is 6.35. The van der Waals surface area contributed by atoms with E-state index in [-0.39, 0.29) is 10.9 Å². The van der Waals surface area contributed by atoms with Crippen molar-refractivity contribution in [2.75, 3.05) is 13.7 Å². The monoisotopic (exact) mass is 310 g/mol. The summed E-state index contributed by atoms with van der Waals surface area (Å²) >= 11 is 0. The van der Waals surface area contributed by atoms with E-state index in [1.165, 1.54) is 12.1 Å². The van der Waals surface area contributed by atoms with Gasteiger partial charge in [-0.05, 0) is 18.6 Å². The molecule has 0 aliphatic heterocycles. The van der Waals surface area contributed by atoms with Gasteiger partial charge in [-0.1, -0.05) is 24.3 Å². The topological polar surface area (TPSA) is 100 Å². The number of benzene rings is 1. The van der Waals surface area contributed by atoms with Gasteiger partial charge in [0.2, 0.25) is 10.0 Å². The van der Waals surface area contributed by atoms with E-state index >= 15 is 0 Å². The molecular weight excluding hydrogens is 292 g/mol. The smallest absolute Gasteiger partial charge is 0.238 e. The lowest BCUT2D eigenvalue weighted by Gasteiger charge is -2.12. The largest absolute Gasteiger partial charge is 0.382 e. The third-order valence-electron chi connectivity index (χ3n) is 3.19. The molecule has 2 rings (SSSR count). The number of primary sulfonamides is 1. The highest BCUT2D eigenvalue weighted by atomic mass is 32.2. The van der Waals surface area contributed by atoms with Gasteiger partial charge in [-0.25, -0.2) is 18.2 Å². The van der Waals surface area contributed by atoms with Gasteiger partial charge in [0.15, 0.2) is 0 Å². The first-order valence-electron chi connectivity index (χ1n) is 6.49. The van der Waals surface area contributed by atoms with Gasteiger partial charge in [-0.3, -0.25) is 0 Å². The lowest BCUT2D eigenvalue weighted by atomic mass is 10.2. The molecule has 1 heterocycles. The Bertz CT molecular complexity index is 694. The summed E-state index contributed by atoms with van der Waals surface area (Å²) in [7, 11) is -2.03. The average Bonchev–Trinajstić information content (AvgIpc) is 2.93. The number of nitrogens with two attached hydrogens (primary N) is 1. The first kappa shape index (κ1) is 15.6. The minimum Gasteiger partial charge on any atom is -0.382 e. The van der Waals surface area contributed by atoms with E-state index in [2.05, 4.69) is 10.3 Å². The van der Waals surface area contributed by atoms with Crippen LogP contribution in [0.25, 0.3) is 11.3 Å². The van der Waals surface area contributed by atoms with Crippen LogP contribution in [0.5, 0.6) is 0 Å². The van der Waals surface area contributed by atoms with Crippen molar-refractivity contribution in [3.05, 3.63) is 30.5 Å². The number of sulfonamides is 1. The van der Waals surface area contributed by atoms with Gasteiger partial charge < -0.3 is 4.74 Å². The maximum absolute atomic E-state index is 11.2. The third-order valence-corrected chi connectivity index (χ3v) is 4.12. The van der Waals surface area contributed by atoms with Crippen LogP contribution in [-0.4, -0.2) is 37.1 Å². The van der Waals surface area contributed by atoms with E-state index in [0.717, 1.165) is 12.0 Å². The predicted molar refractivity (Wildman–Crippen MR) is 78.0 cm³/mol. The second-order valence-electron chi connectivity index (χ2n) is 4.67. The van der Waals surface area contributed by atoms with Crippen LogP contribution >= 0.6 is 0 Å². The van der Waals surface area contributed by atoms with Crippen LogP contribution in [0.1, 0.15) is 19.4 Å². The highest BCUT2D eigenvalue weighted by molar-refractivity contribution is 7.89. The fraction of sp³-hybridized carbons (Fsp3) is 0.385. The Labute approximate surface area is 123 Å². The number of hydrogen-bond acceptors (Lipinski definition) is 5. The Kier molecular flexibility index (Phi) is 4.71. The number of hydrogen-bond donors (Lipinski definition) is 1. The SMILES string of the molecule is CCC(COC)n1cc(-c2ccc(S(N)(=O)=O)cc2)nn1. The van der Waals surface area contributed by atoms with Crippen LogP contribution in [0.2, 0.25) is 0 Å². The second-order valence-corrected chi connectivity index (χ2v) is 6.23. The molecular formula is C13H18N4O3S. The molecule has 2 aromatic rings. The van der Waals surface area contributed by atoms with Crippen molar-refractivity contribution in [2.24, 2.45) is 5.14 Å². The van der Waals surface area contributed by atoms with E-state index < -0.39 is 10.0 Å². The van der Waals surface area contributed by atoms with Crippen LogP contribution in [0, 0.1) is 0 Å². The van der Waals surface area contributed by atoms with Crippen LogP contribution in [0.4, 0.5) is 0 Å². The number of ether oxygens (including phenoxy) is 1. The van der Waals surface area contributed by atoms with Gasteiger partial charge in [0.25, 0.3) is 0 Å². The molecule has 2 N–H and O–H groups in total. The number of nitrogens with zero attached hydrogens (tertiary/aromatic N) is 3. The van der Waals surface area contributed by atoms with Crippen LogP contribution in [-0.2, 0) is 14.8 Å². The lowest BCUT2D eigenvalue weighted by Crippen LogP contribution is -2.14. The maximum atomic E-state index is 11.2. The second kappa shape index (κ2) is 6.33. The fourth-order valence-corrected chi connectivity index (χ4v) is 2.49. The summed E-state index contributed by atoms with van der Waals surface area (Å²) in [4.78, 5) is 0.0736. The maximum Gasteiger partial charge on any atom is 0.238 e. The first-order chi connectivity index (χ1) is 9.95. The van der Waals surface area contributed by atoms with Crippen molar-refractivity contribution in [3.8, 4) is 11.3 Å². The molecule has 8 heteroatoms. The molecule has 0 saturated carbocycles. The normalized spacial score (nSPS) is 13.3. The Morgan fingerprint density at radius 2 is 2.00 bits per heavy atom. The molecule has 0 aliphatic rings. The first-order valence-corrected chi connectivity index (χ1v) is 8.04. The molecule has 1 aromatic carbocycles. The Morgan fingerprint density at radius 3 is 2.52 bits per heavy atom. The standard InChI is InChI=1S/C13H18N4O3S/c1-3-11(9-20-2)17-8-13(15-16-17)10-4-6-12(7-5-10)21(14,18)19/h4-8,11H,3,9H2,1-2H3,(H2,14,18,19). The zero-order valence-corrected chi connectivity index (χ0v) is 12.7. The summed E-state index contributed by atoms with van der Waals surface area (Å²) in [5.74, 6) is 0. The molecule has 0 fully saturated rings. The zero-order valence-electron chi connectivity index (χ0n) is 11.9. The van der Waals surface area contributed by atoms with E-state index in [1.54, 1.807) is 23.9 Å². The molecule has 0 radical (unpaired) electrons. The van der Waals surface area contributed by atoms with Gasteiger partial charge in [0, 0.05) is 12.7 Å². The molecule has 1 aromatic heterocycles. The molecule has 1 atom stereocenters. The van der Waals surface area contributed by atoms with Gasteiger partial charge in [-0.15, -0.1) is 5.10 Å². The quantitative estimate of drug-likeness (QED) is 0.863. The lowest BCUT2D eigenvalue weighted by molar-refractivity contribution is 0.146. The van der Waals surface area contributed by atoms with Gasteiger partial charge >= 0.3 is 0 Å². The predicted octanol–water partition coefficient (Wildman–Crippen LogP) is 1.19. The highest BCUT2D eigenvalue weighted by Gasteiger charge is 2.13. The molecule has 0 aliphatic carbocycles. The van der Waals surface area contributed by atoms with Crippen molar-refractivity contribution in [1.82, 2.24) is 15.0 Å². The molecule has 7 nitrogen and oxygen atoms in total. The Hall–Kier alpha value is -1.77. The molecule has 0 saturated heterocycles. The molecule has 0 spiro atoms. The summed E-state index contributed by atoms with van der Waals surface area (Å²) in [5, 5.41) is 13.3. The number of rotatable bonds is 6. The summed E-state index contributed by atoms with van der Waals surface area (Å²) < 4.78 is 29.3. The molecule has 0 bridgehead atoms. The van der Waals surface area contributed by atoms with E-state index in [1.807, 2.05) is 13.1 Å². The van der Waals surface area contributed by atoms with E-state index in [4.69, 9.17) is 9.88 Å². The van der Waals surface area contributed by atoms with Crippen LogP contribution in [0.3, 0.4) is 0 Å². The fourth-order valence-electron chi connectivity index (χ4n) is 1.98. The van der Waals surface area contributed by atoms with Crippen molar-refractivity contribution in [3.63, 3.8) is 0 Å². The molecule has 114 valence electrons. The Balaban J connectivity index is 2.25. The van der Waals surface area contributed by atoms with E-state index in [9.17, 15) is 8.42 Å². The molecule has 21 heavy (non-hydrogen) atoms. The van der Waals surface area contributed by atoms with Gasteiger partial charge in [0.1, 0.15) is 5.69 Å². The van der Waals surface area contributed by atoms with Crippen molar-refractivity contribution in [1.29, 1.82) is 0 Å². The minimum absolute atomic E-state index is 0.0736. The zero-order chi connectivity index (χ0) is 15.5. The van der Waals surface area contributed by atoms with Crippen molar-refractivity contribution >= 4 is 10.0 Å².